The van der Waals surface area contributed by atoms with Crippen LogP contribution in [0.4, 0.5) is 0 Å². The zero-order valence-corrected chi connectivity index (χ0v) is 6.71. The molecule has 0 radical (unpaired) electrons. The molecule has 0 aromatic rings. The first-order chi connectivity index (χ1) is 6.15. The second-order valence-corrected chi connectivity index (χ2v) is 2.74. The van der Waals surface area contributed by atoms with Crippen molar-refractivity contribution in [2.45, 2.75) is 12.8 Å². The van der Waals surface area contributed by atoms with Crippen molar-refractivity contribution >= 4 is 0 Å². The highest BCUT2D eigenvalue weighted by Crippen LogP contribution is 2.29. The highest BCUT2D eigenvalue weighted by atomic mass is 16.6. The lowest BCUT2D eigenvalue weighted by molar-refractivity contribution is -0.425. The molecular weight excluding hydrogens is 178 g/mol. The average Bonchev–Trinajstić information content (AvgIpc) is 2.84. The van der Waals surface area contributed by atoms with Crippen LogP contribution in [0, 0.1) is 21.4 Å². The predicted octanol–water partition coefficient (Wildman–Crippen LogP) is 1.23. The molecule has 0 aromatic carbocycles. The van der Waals surface area contributed by atoms with Crippen LogP contribution in [-0.2, 0) is 4.74 Å². The Balaban J connectivity index is 2.53. The van der Waals surface area contributed by atoms with Crippen LogP contribution in [0.3, 0.4) is 0 Å². The first-order valence-electron chi connectivity index (χ1n) is 3.70. The Bertz CT molecular complexity index is 289. The number of hydrogen-bond acceptors (Lipinski definition) is 5. The van der Waals surface area contributed by atoms with Crippen molar-refractivity contribution < 1.29 is 14.8 Å². The third kappa shape index (κ3) is 2.59. The van der Waals surface area contributed by atoms with Gasteiger partial charge < -0.3 is 9.84 Å². The Kier molecular flexibility index (Phi) is 2.64. The summed E-state index contributed by atoms with van der Waals surface area (Å²) in [7, 11) is 0. The minimum absolute atomic E-state index is 0.221. The fourth-order valence-corrected chi connectivity index (χ4v) is 0.703. The molecule has 1 aliphatic rings. The Hall–Kier alpha value is -1.84. The van der Waals surface area contributed by atoms with Crippen LogP contribution in [-0.4, -0.2) is 16.6 Å². The van der Waals surface area contributed by atoms with Gasteiger partial charge in [-0.1, -0.05) is 0 Å². The first kappa shape index (κ1) is 9.25. The maximum atomic E-state index is 10.1. The van der Waals surface area contributed by atoms with Crippen molar-refractivity contribution in [3.05, 3.63) is 26.9 Å². The van der Waals surface area contributed by atoms with E-state index >= 15 is 0 Å². The van der Waals surface area contributed by atoms with Crippen LogP contribution in [0.1, 0.15) is 12.8 Å². The molecule has 0 aromatic heterocycles. The Morgan fingerprint density at radius 3 is 2.77 bits per heavy atom. The number of aliphatic hydroxyl groups excluding tert-OH is 1. The zero-order valence-electron chi connectivity index (χ0n) is 6.71. The fraction of sp³-hybridized carbons (Fsp3) is 0.667. The molecule has 70 valence electrons. The van der Waals surface area contributed by atoms with Gasteiger partial charge in [-0.2, -0.15) is 0 Å². The molecule has 1 rings (SSSR count). The van der Waals surface area contributed by atoms with Gasteiger partial charge in [0.15, 0.2) is 4.92 Å². The minimum atomic E-state index is -1.07. The van der Waals surface area contributed by atoms with Gasteiger partial charge in [0.25, 0.3) is 4.98 Å². The van der Waals surface area contributed by atoms with Crippen molar-refractivity contribution in [3.8, 4) is 0 Å². The second kappa shape index (κ2) is 3.71. The number of ether oxygens (including phenoxy) is 1. The standard InChI is InChI=1S/C6H7N3O4/c7-8-5(9(11)12)6(10)13-3-4-1-2-4/h4H,1-3H2/p+1/b6-5+. The topological polar surface area (TPSA) is 101 Å². The van der Waals surface area contributed by atoms with E-state index in [2.05, 4.69) is 9.71 Å². The summed E-state index contributed by atoms with van der Waals surface area (Å²) in [5.74, 6) is -1.66. The molecule has 0 atom stereocenters. The molecule has 13 heavy (non-hydrogen) atoms. The van der Waals surface area contributed by atoms with Crippen molar-refractivity contribution in [1.29, 1.82) is 5.39 Å². The number of rotatable bonds is 4. The summed E-state index contributed by atoms with van der Waals surface area (Å²) < 4.78 is 4.62. The van der Waals surface area contributed by atoms with Gasteiger partial charge in [0, 0.05) is 0 Å². The summed E-state index contributed by atoms with van der Waals surface area (Å²) in [6.07, 6.45) is 1.99. The normalized spacial score (nSPS) is 17.2. The number of diazo groups is 1. The SMILES string of the molecule is N#[N+]/C(=C(/O)OCC1CC1)[N+](=O)[O-]. The lowest BCUT2D eigenvalue weighted by Gasteiger charge is -1.96. The smallest absolute Gasteiger partial charge is 0.470 e. The molecule has 1 saturated carbocycles. The lowest BCUT2D eigenvalue weighted by atomic mass is 10.5. The molecule has 1 fully saturated rings. The van der Waals surface area contributed by atoms with Crippen LogP contribution >= 0.6 is 0 Å². The molecule has 0 saturated heterocycles. The summed E-state index contributed by atoms with van der Waals surface area (Å²) in [6, 6.07) is 0. The van der Waals surface area contributed by atoms with Crippen LogP contribution in [0.5, 0.6) is 0 Å². The molecular formula is C6H8N3O4+. The molecule has 0 aliphatic heterocycles. The summed E-state index contributed by atoms with van der Waals surface area (Å²) in [6.45, 7) is 0.221. The molecule has 0 amide bonds. The van der Waals surface area contributed by atoms with E-state index in [0.29, 0.717) is 5.92 Å². The molecule has 7 nitrogen and oxygen atoms in total. The van der Waals surface area contributed by atoms with Gasteiger partial charge >= 0.3 is 11.8 Å². The second-order valence-electron chi connectivity index (χ2n) is 2.74. The van der Waals surface area contributed by atoms with Gasteiger partial charge in [-0.25, -0.2) is 0 Å². The highest BCUT2D eigenvalue weighted by molar-refractivity contribution is 4.99. The molecule has 1 aliphatic carbocycles. The minimum Gasteiger partial charge on any atom is -0.470 e. The maximum Gasteiger partial charge on any atom is 0.747 e. The van der Waals surface area contributed by atoms with E-state index in [9.17, 15) is 10.1 Å². The molecule has 0 unspecified atom stereocenters. The lowest BCUT2D eigenvalue weighted by Crippen LogP contribution is -2.04. The van der Waals surface area contributed by atoms with E-state index in [1.165, 1.54) is 0 Å². The van der Waals surface area contributed by atoms with Crippen molar-refractivity contribution in [2.75, 3.05) is 6.61 Å². The number of nitro groups is 1. The van der Waals surface area contributed by atoms with Gasteiger partial charge in [0.05, 0.1) is 6.61 Å². The number of hydrogen-bond donors (Lipinski definition) is 1. The number of nitrogens with zero attached hydrogens (tertiary/aromatic N) is 3. The van der Waals surface area contributed by atoms with Crippen LogP contribution < -0.4 is 0 Å². The van der Waals surface area contributed by atoms with Crippen molar-refractivity contribution in [2.24, 2.45) is 5.92 Å². The molecule has 0 heterocycles. The van der Waals surface area contributed by atoms with Gasteiger partial charge in [0.2, 0.25) is 5.39 Å². The average molecular weight is 186 g/mol. The van der Waals surface area contributed by atoms with Crippen LogP contribution in [0.25, 0.3) is 4.98 Å². The molecule has 7 heteroatoms. The monoisotopic (exact) mass is 186 g/mol. The van der Waals surface area contributed by atoms with E-state index in [1.807, 2.05) is 0 Å². The summed E-state index contributed by atoms with van der Waals surface area (Å²) in [5, 5.41) is 27.1. The zero-order chi connectivity index (χ0) is 9.84. The third-order valence-corrected chi connectivity index (χ3v) is 1.61. The van der Waals surface area contributed by atoms with Gasteiger partial charge in [-0.15, -0.1) is 0 Å². The molecule has 0 bridgehead atoms. The summed E-state index contributed by atoms with van der Waals surface area (Å²) in [5.41, 5.74) is 0. The maximum absolute atomic E-state index is 10.1. The highest BCUT2D eigenvalue weighted by Gasteiger charge is 2.36. The Labute approximate surface area is 73.4 Å². The third-order valence-electron chi connectivity index (χ3n) is 1.61. The Morgan fingerprint density at radius 1 is 1.77 bits per heavy atom. The van der Waals surface area contributed by atoms with Crippen LogP contribution in [0.15, 0.2) is 11.8 Å². The fourth-order valence-electron chi connectivity index (χ4n) is 0.703. The van der Waals surface area contributed by atoms with Gasteiger partial charge in [-0.05, 0) is 18.8 Å². The summed E-state index contributed by atoms with van der Waals surface area (Å²) in [4.78, 5) is 11.4. The molecule has 1 N–H and O–H groups in total. The van der Waals surface area contributed by atoms with E-state index in [4.69, 9.17) is 10.5 Å². The summed E-state index contributed by atoms with van der Waals surface area (Å²) >= 11 is 0. The number of aliphatic hydroxyl groups is 1. The quantitative estimate of drug-likeness (QED) is 0.308. The van der Waals surface area contributed by atoms with Gasteiger partial charge in [0.1, 0.15) is 0 Å². The van der Waals surface area contributed by atoms with E-state index in [0.717, 1.165) is 12.8 Å². The Morgan fingerprint density at radius 2 is 2.38 bits per heavy atom. The predicted molar refractivity (Wildman–Crippen MR) is 40.4 cm³/mol. The first-order valence-corrected chi connectivity index (χ1v) is 3.70. The van der Waals surface area contributed by atoms with E-state index in [1.54, 1.807) is 0 Å². The van der Waals surface area contributed by atoms with E-state index < -0.39 is 16.7 Å². The van der Waals surface area contributed by atoms with Crippen molar-refractivity contribution in [3.63, 3.8) is 0 Å². The van der Waals surface area contributed by atoms with Crippen molar-refractivity contribution in [1.82, 2.24) is 0 Å². The van der Waals surface area contributed by atoms with Crippen LogP contribution in [0.2, 0.25) is 0 Å². The largest absolute Gasteiger partial charge is 0.747 e. The van der Waals surface area contributed by atoms with Gasteiger partial charge in [-0.3, -0.25) is 10.1 Å². The van der Waals surface area contributed by atoms with E-state index in [-0.39, 0.29) is 6.61 Å². The molecule has 0 spiro atoms.